The van der Waals surface area contributed by atoms with Gasteiger partial charge in [-0.15, -0.1) is 0 Å². The molecular weight excluding hydrogens is 366 g/mol. The number of ether oxygens (including phenoxy) is 1. The van der Waals surface area contributed by atoms with E-state index in [4.69, 9.17) is 26.3 Å². The highest BCUT2D eigenvalue weighted by Gasteiger charge is 2.18. The molecule has 1 amide bonds. The Balaban J connectivity index is 2.37. The van der Waals surface area contributed by atoms with Crippen LogP contribution in [0.5, 0.6) is 0 Å². The first-order valence-corrected chi connectivity index (χ1v) is 9.06. The largest absolute Gasteiger partial charge is 0.461 e. The van der Waals surface area contributed by atoms with Gasteiger partial charge in [0.05, 0.1) is 10.5 Å². The summed E-state index contributed by atoms with van der Waals surface area (Å²) in [5.74, 6) is -1.06. The van der Waals surface area contributed by atoms with E-state index in [0.717, 1.165) is 0 Å². The maximum Gasteiger partial charge on any atom is 0.302 e. The SMILES string of the molecule is CC(=O)OCc1ccc(S(=N)(N)=O)c(C(=O)Nc2ccc(Cl)cc2)c1. The van der Waals surface area contributed by atoms with Crippen molar-refractivity contribution < 1.29 is 18.5 Å². The van der Waals surface area contributed by atoms with E-state index in [-0.39, 0.29) is 17.1 Å². The second kappa shape index (κ2) is 7.64. The minimum atomic E-state index is -3.62. The van der Waals surface area contributed by atoms with E-state index in [1.54, 1.807) is 24.3 Å². The summed E-state index contributed by atoms with van der Waals surface area (Å²) < 4.78 is 24.4. The van der Waals surface area contributed by atoms with Crippen LogP contribution in [0.15, 0.2) is 47.4 Å². The molecule has 2 aromatic carbocycles. The number of benzene rings is 2. The van der Waals surface area contributed by atoms with Gasteiger partial charge in [-0.25, -0.2) is 14.1 Å². The predicted molar refractivity (Wildman–Crippen MR) is 94.6 cm³/mol. The van der Waals surface area contributed by atoms with Crippen molar-refractivity contribution in [3.8, 4) is 0 Å². The third-order valence-electron chi connectivity index (χ3n) is 3.16. The fourth-order valence-corrected chi connectivity index (χ4v) is 2.90. The number of halogens is 1. The predicted octanol–water partition coefficient (Wildman–Crippen LogP) is 2.93. The topological polar surface area (TPSA) is 122 Å². The summed E-state index contributed by atoms with van der Waals surface area (Å²) in [6, 6.07) is 10.6. The summed E-state index contributed by atoms with van der Waals surface area (Å²) in [6.45, 7) is 1.21. The fourth-order valence-electron chi connectivity index (χ4n) is 2.03. The van der Waals surface area contributed by atoms with Crippen LogP contribution in [-0.4, -0.2) is 16.1 Å². The van der Waals surface area contributed by atoms with Crippen LogP contribution in [0.25, 0.3) is 0 Å². The van der Waals surface area contributed by atoms with Crippen LogP contribution in [0, 0.1) is 4.78 Å². The number of amides is 1. The van der Waals surface area contributed by atoms with E-state index in [9.17, 15) is 13.8 Å². The lowest BCUT2D eigenvalue weighted by atomic mass is 10.1. The fraction of sp³-hybridized carbons (Fsp3) is 0.125. The van der Waals surface area contributed by atoms with E-state index >= 15 is 0 Å². The second-order valence-electron chi connectivity index (χ2n) is 5.17. The third-order valence-corrected chi connectivity index (χ3v) is 4.42. The molecule has 0 radical (unpaired) electrons. The van der Waals surface area contributed by atoms with Gasteiger partial charge in [0.1, 0.15) is 16.5 Å². The van der Waals surface area contributed by atoms with Crippen LogP contribution in [0.2, 0.25) is 5.02 Å². The molecule has 0 fully saturated rings. The Morgan fingerprint density at radius 2 is 1.88 bits per heavy atom. The van der Waals surface area contributed by atoms with Crippen molar-refractivity contribution in [1.29, 1.82) is 4.78 Å². The van der Waals surface area contributed by atoms with Gasteiger partial charge in [-0.05, 0) is 42.0 Å². The molecule has 4 N–H and O–H groups in total. The zero-order valence-corrected chi connectivity index (χ0v) is 14.8. The van der Waals surface area contributed by atoms with Gasteiger partial charge in [-0.3, -0.25) is 9.59 Å². The molecule has 0 heterocycles. The Morgan fingerprint density at radius 3 is 2.44 bits per heavy atom. The summed E-state index contributed by atoms with van der Waals surface area (Å²) in [5, 5.41) is 8.52. The molecular formula is C16H16ClN3O4S. The van der Waals surface area contributed by atoms with Gasteiger partial charge in [0, 0.05) is 17.6 Å². The van der Waals surface area contributed by atoms with E-state index < -0.39 is 21.8 Å². The molecule has 2 rings (SSSR count). The highest BCUT2D eigenvalue weighted by atomic mass is 35.5. The number of nitrogens with two attached hydrogens (primary N) is 1. The zero-order valence-electron chi connectivity index (χ0n) is 13.2. The Labute approximate surface area is 150 Å². The van der Waals surface area contributed by atoms with E-state index in [2.05, 4.69) is 5.32 Å². The number of rotatable bonds is 5. The molecule has 0 aliphatic heterocycles. The van der Waals surface area contributed by atoms with Crippen molar-refractivity contribution in [2.75, 3.05) is 5.32 Å². The van der Waals surface area contributed by atoms with Crippen LogP contribution in [0.1, 0.15) is 22.8 Å². The van der Waals surface area contributed by atoms with E-state index in [1.165, 1.54) is 25.1 Å². The molecule has 0 aliphatic rings. The molecule has 0 aliphatic carbocycles. The van der Waals surface area contributed by atoms with Crippen LogP contribution in [0.4, 0.5) is 5.69 Å². The van der Waals surface area contributed by atoms with E-state index in [0.29, 0.717) is 16.3 Å². The van der Waals surface area contributed by atoms with Gasteiger partial charge < -0.3 is 10.1 Å². The van der Waals surface area contributed by atoms with Gasteiger partial charge in [0.2, 0.25) is 0 Å². The van der Waals surface area contributed by atoms with Crippen LogP contribution in [0.3, 0.4) is 0 Å². The smallest absolute Gasteiger partial charge is 0.302 e. The normalized spacial score (nSPS) is 12.9. The average Bonchev–Trinajstić information content (AvgIpc) is 2.54. The first-order valence-electron chi connectivity index (χ1n) is 7.06. The lowest BCUT2D eigenvalue weighted by Gasteiger charge is -2.12. The molecule has 2 aromatic rings. The molecule has 0 aromatic heterocycles. The van der Waals surface area contributed by atoms with Crippen LogP contribution >= 0.6 is 11.6 Å². The van der Waals surface area contributed by atoms with Crippen molar-refractivity contribution in [3.05, 3.63) is 58.6 Å². The zero-order chi connectivity index (χ0) is 18.6. The van der Waals surface area contributed by atoms with E-state index in [1.807, 2.05) is 0 Å². The number of carbonyl (C=O) groups is 2. The van der Waals surface area contributed by atoms with Crippen molar-refractivity contribution in [3.63, 3.8) is 0 Å². The monoisotopic (exact) mass is 381 g/mol. The standard InChI is InChI=1S/C16H16ClN3O4S/c1-10(21)24-9-11-2-7-15(25(18,19)23)14(8-11)16(22)20-13-5-3-12(17)4-6-13/h2-8H,9H2,1H3,(H,20,22)(H3,18,19,23). The molecule has 0 spiro atoms. The number of carbonyl (C=O) groups excluding carboxylic acids is 2. The second-order valence-corrected chi connectivity index (χ2v) is 7.25. The van der Waals surface area contributed by atoms with Crippen molar-refractivity contribution in [1.82, 2.24) is 0 Å². The van der Waals surface area contributed by atoms with Gasteiger partial charge in [0.15, 0.2) is 0 Å². The molecule has 25 heavy (non-hydrogen) atoms. The number of esters is 1. The minimum absolute atomic E-state index is 0.0258. The maximum atomic E-state index is 12.5. The minimum Gasteiger partial charge on any atom is -0.461 e. The average molecular weight is 382 g/mol. The Hall–Kier alpha value is -2.42. The molecule has 9 heteroatoms. The highest BCUT2D eigenvalue weighted by molar-refractivity contribution is 7.90. The molecule has 1 unspecified atom stereocenters. The summed E-state index contributed by atoms with van der Waals surface area (Å²) >= 11 is 5.80. The maximum absolute atomic E-state index is 12.5. The quantitative estimate of drug-likeness (QED) is 0.689. The van der Waals surface area contributed by atoms with Crippen LogP contribution in [-0.2, 0) is 26.1 Å². The van der Waals surface area contributed by atoms with Crippen molar-refractivity contribution >= 4 is 39.1 Å². The Morgan fingerprint density at radius 1 is 1.24 bits per heavy atom. The lowest BCUT2D eigenvalue weighted by Crippen LogP contribution is -2.20. The third kappa shape index (κ3) is 5.28. The summed E-state index contributed by atoms with van der Waals surface area (Å²) in [5.41, 5.74) is 0.949. The summed E-state index contributed by atoms with van der Waals surface area (Å²) in [4.78, 5) is 23.4. The first-order chi connectivity index (χ1) is 11.7. The lowest BCUT2D eigenvalue weighted by molar-refractivity contribution is -0.142. The van der Waals surface area contributed by atoms with Gasteiger partial charge in [0.25, 0.3) is 5.91 Å². The Kier molecular flexibility index (Phi) is 5.78. The van der Waals surface area contributed by atoms with Crippen molar-refractivity contribution in [2.24, 2.45) is 5.14 Å². The molecule has 0 saturated heterocycles. The molecule has 7 nitrogen and oxygen atoms in total. The Bertz CT molecular complexity index is 911. The van der Waals surface area contributed by atoms with Gasteiger partial charge >= 0.3 is 5.97 Å². The highest BCUT2D eigenvalue weighted by Crippen LogP contribution is 2.20. The number of anilines is 1. The molecule has 0 saturated carbocycles. The number of nitrogens with one attached hydrogen (secondary N) is 2. The van der Waals surface area contributed by atoms with Gasteiger partial charge in [-0.1, -0.05) is 17.7 Å². The first kappa shape index (κ1) is 18.9. The molecule has 132 valence electrons. The van der Waals surface area contributed by atoms with Gasteiger partial charge in [-0.2, -0.15) is 0 Å². The summed E-state index contributed by atoms with van der Waals surface area (Å²) in [7, 11) is -3.62. The van der Waals surface area contributed by atoms with Crippen molar-refractivity contribution in [2.45, 2.75) is 18.4 Å². The number of hydrogen-bond donors (Lipinski definition) is 3. The van der Waals surface area contributed by atoms with Crippen LogP contribution < -0.4 is 10.5 Å². The molecule has 1 atom stereocenters. The molecule has 0 bridgehead atoms. The number of hydrogen-bond acceptors (Lipinski definition) is 5. The summed E-state index contributed by atoms with van der Waals surface area (Å²) in [6.07, 6.45) is 0.